The molecule has 1 heterocycles. The molecule has 0 saturated heterocycles. The minimum Gasteiger partial charge on any atom is -0.490 e. The largest absolute Gasteiger partial charge is 0.490 e. The molecule has 1 aromatic carbocycles. The summed E-state index contributed by atoms with van der Waals surface area (Å²) in [5.41, 5.74) is 2.24. The molecule has 0 aliphatic carbocycles. The van der Waals surface area contributed by atoms with Crippen molar-refractivity contribution in [3.05, 3.63) is 51.9 Å². The van der Waals surface area contributed by atoms with Gasteiger partial charge in [-0.1, -0.05) is 6.07 Å². The Hall–Kier alpha value is -1.30. The van der Waals surface area contributed by atoms with Crippen LogP contribution in [0.4, 0.5) is 0 Å². The summed E-state index contributed by atoms with van der Waals surface area (Å²) < 4.78 is 17.1. The summed E-state index contributed by atoms with van der Waals surface area (Å²) in [6.45, 7) is 3.14. The number of benzene rings is 1. The summed E-state index contributed by atoms with van der Waals surface area (Å²) in [6.07, 6.45) is 1.71. The summed E-state index contributed by atoms with van der Waals surface area (Å²) in [7, 11) is 3.58. The Morgan fingerprint density at radius 1 is 1.29 bits per heavy atom. The molecule has 0 saturated carbocycles. The van der Waals surface area contributed by atoms with Gasteiger partial charge in [-0.05, 0) is 59.2 Å². The van der Waals surface area contributed by atoms with E-state index in [2.05, 4.69) is 21.2 Å². The molecule has 2 aromatic rings. The molecule has 0 spiro atoms. The molecule has 4 nitrogen and oxygen atoms in total. The Labute approximate surface area is 133 Å². The van der Waals surface area contributed by atoms with Crippen LogP contribution in [0.2, 0.25) is 0 Å². The maximum absolute atomic E-state index is 5.64. The normalized spacial score (nSPS) is 12.4. The molecule has 1 unspecified atom stereocenters. The molecule has 0 fully saturated rings. The summed E-state index contributed by atoms with van der Waals surface area (Å²) in [6, 6.07) is 8.03. The summed E-state index contributed by atoms with van der Waals surface area (Å²) in [5.74, 6) is 1.74. The minimum absolute atomic E-state index is 0.0179. The quantitative estimate of drug-likeness (QED) is 0.771. The van der Waals surface area contributed by atoms with E-state index in [0.717, 1.165) is 27.1 Å². The van der Waals surface area contributed by atoms with Gasteiger partial charge >= 0.3 is 0 Å². The third kappa shape index (κ3) is 3.87. The highest BCUT2D eigenvalue weighted by Crippen LogP contribution is 2.32. The van der Waals surface area contributed by atoms with Crippen LogP contribution in [0, 0.1) is 6.92 Å². The van der Waals surface area contributed by atoms with Crippen LogP contribution < -0.4 is 10.1 Å². The second kappa shape index (κ2) is 7.64. The molecular weight excluding hydrogens is 334 g/mol. The van der Waals surface area contributed by atoms with E-state index in [9.17, 15) is 0 Å². The van der Waals surface area contributed by atoms with Crippen LogP contribution in [-0.2, 0) is 4.74 Å². The van der Waals surface area contributed by atoms with Crippen LogP contribution in [0.5, 0.6) is 5.75 Å². The summed E-state index contributed by atoms with van der Waals surface area (Å²) >= 11 is 3.55. The summed E-state index contributed by atoms with van der Waals surface area (Å²) in [5, 5.41) is 3.29. The van der Waals surface area contributed by atoms with Gasteiger partial charge in [-0.25, -0.2) is 0 Å². The van der Waals surface area contributed by atoms with Crippen molar-refractivity contribution >= 4 is 15.9 Å². The first kappa shape index (κ1) is 16.1. The Morgan fingerprint density at radius 2 is 2.10 bits per heavy atom. The van der Waals surface area contributed by atoms with Gasteiger partial charge in [0.2, 0.25) is 0 Å². The second-order valence-electron chi connectivity index (χ2n) is 4.72. The zero-order chi connectivity index (χ0) is 15.2. The van der Waals surface area contributed by atoms with E-state index in [-0.39, 0.29) is 6.04 Å². The van der Waals surface area contributed by atoms with Crippen LogP contribution in [0.25, 0.3) is 0 Å². The van der Waals surface area contributed by atoms with E-state index < -0.39 is 0 Å². The first-order chi connectivity index (χ1) is 10.2. The maximum atomic E-state index is 5.64. The van der Waals surface area contributed by atoms with Gasteiger partial charge < -0.3 is 19.2 Å². The first-order valence-corrected chi connectivity index (χ1v) is 7.59. The van der Waals surface area contributed by atoms with Gasteiger partial charge in [0.15, 0.2) is 0 Å². The minimum atomic E-state index is 0.0179. The zero-order valence-electron chi connectivity index (χ0n) is 12.5. The average molecular weight is 354 g/mol. The molecule has 0 amide bonds. The fourth-order valence-electron chi connectivity index (χ4n) is 2.18. The van der Waals surface area contributed by atoms with Crippen LogP contribution in [-0.4, -0.2) is 27.4 Å². The van der Waals surface area contributed by atoms with Gasteiger partial charge in [-0.15, -0.1) is 0 Å². The van der Waals surface area contributed by atoms with E-state index in [1.54, 1.807) is 13.4 Å². The highest BCUT2D eigenvalue weighted by molar-refractivity contribution is 9.10. The van der Waals surface area contributed by atoms with E-state index in [1.807, 2.05) is 38.2 Å². The van der Waals surface area contributed by atoms with Gasteiger partial charge in [0.25, 0.3) is 0 Å². The van der Waals surface area contributed by atoms with E-state index in [0.29, 0.717) is 13.2 Å². The van der Waals surface area contributed by atoms with Crippen LogP contribution in [0.15, 0.2) is 39.4 Å². The molecule has 5 heteroatoms. The first-order valence-electron chi connectivity index (χ1n) is 6.79. The van der Waals surface area contributed by atoms with Gasteiger partial charge in [0.1, 0.15) is 18.1 Å². The van der Waals surface area contributed by atoms with Crippen LogP contribution in [0.3, 0.4) is 0 Å². The van der Waals surface area contributed by atoms with Crippen LogP contribution in [0.1, 0.15) is 22.9 Å². The molecule has 0 aliphatic heterocycles. The number of nitrogens with one attached hydrogen (secondary N) is 1. The van der Waals surface area contributed by atoms with Crippen molar-refractivity contribution in [1.82, 2.24) is 5.32 Å². The number of hydrogen-bond acceptors (Lipinski definition) is 4. The smallest absolute Gasteiger partial charge is 0.133 e. The molecular formula is C16H20BrNO3. The molecule has 2 rings (SSSR count). The lowest BCUT2D eigenvalue weighted by Gasteiger charge is -2.17. The second-order valence-corrected chi connectivity index (χ2v) is 5.58. The van der Waals surface area contributed by atoms with E-state index in [1.165, 1.54) is 0 Å². The van der Waals surface area contributed by atoms with Crippen molar-refractivity contribution in [2.45, 2.75) is 13.0 Å². The lowest BCUT2D eigenvalue weighted by Crippen LogP contribution is -2.18. The Morgan fingerprint density at radius 3 is 2.67 bits per heavy atom. The SMILES string of the molecule is CNC(c1ccc(OCCOC)c(Br)c1)c1occc1C. The molecule has 1 aromatic heterocycles. The summed E-state index contributed by atoms with van der Waals surface area (Å²) in [4.78, 5) is 0. The van der Waals surface area contributed by atoms with Gasteiger partial charge in [-0.3, -0.25) is 0 Å². The standard InChI is InChI=1S/C16H20BrNO3/c1-11-6-7-21-16(11)15(18-2)12-4-5-14(13(17)10-12)20-9-8-19-3/h4-7,10,15,18H,8-9H2,1-3H3. The van der Waals surface area contributed by atoms with E-state index >= 15 is 0 Å². The molecule has 0 aliphatic rings. The third-order valence-electron chi connectivity index (χ3n) is 3.29. The molecule has 1 N–H and O–H groups in total. The molecule has 0 bridgehead atoms. The van der Waals surface area contributed by atoms with Gasteiger partial charge in [0.05, 0.1) is 23.4 Å². The van der Waals surface area contributed by atoms with Crippen molar-refractivity contribution in [1.29, 1.82) is 0 Å². The monoisotopic (exact) mass is 353 g/mol. The number of rotatable bonds is 7. The number of aryl methyl sites for hydroxylation is 1. The molecule has 1 atom stereocenters. The average Bonchev–Trinajstić information content (AvgIpc) is 2.89. The maximum Gasteiger partial charge on any atom is 0.133 e. The van der Waals surface area contributed by atoms with Crippen molar-refractivity contribution in [3.63, 3.8) is 0 Å². The van der Waals surface area contributed by atoms with Crippen molar-refractivity contribution in [2.24, 2.45) is 0 Å². The predicted octanol–water partition coefficient (Wildman–Crippen LogP) is 3.68. The Bertz CT molecular complexity index is 583. The lowest BCUT2D eigenvalue weighted by atomic mass is 10.0. The predicted molar refractivity (Wildman–Crippen MR) is 85.9 cm³/mol. The number of halogens is 1. The third-order valence-corrected chi connectivity index (χ3v) is 3.91. The number of ether oxygens (including phenoxy) is 2. The topological polar surface area (TPSA) is 43.6 Å². The number of hydrogen-bond donors (Lipinski definition) is 1. The number of furan rings is 1. The van der Waals surface area contributed by atoms with Crippen LogP contribution >= 0.6 is 15.9 Å². The Balaban J connectivity index is 2.20. The highest BCUT2D eigenvalue weighted by atomic mass is 79.9. The van der Waals surface area contributed by atoms with Crippen molar-refractivity contribution in [3.8, 4) is 5.75 Å². The van der Waals surface area contributed by atoms with Crippen molar-refractivity contribution < 1.29 is 13.9 Å². The highest BCUT2D eigenvalue weighted by Gasteiger charge is 2.18. The number of methoxy groups -OCH3 is 1. The molecule has 21 heavy (non-hydrogen) atoms. The van der Waals surface area contributed by atoms with Gasteiger partial charge in [-0.2, -0.15) is 0 Å². The molecule has 0 radical (unpaired) electrons. The lowest BCUT2D eigenvalue weighted by molar-refractivity contribution is 0.146. The fraction of sp³-hybridized carbons (Fsp3) is 0.375. The van der Waals surface area contributed by atoms with E-state index in [4.69, 9.17) is 13.9 Å². The van der Waals surface area contributed by atoms with Crippen molar-refractivity contribution in [2.75, 3.05) is 27.4 Å². The Kier molecular flexibility index (Phi) is 5.85. The van der Waals surface area contributed by atoms with Gasteiger partial charge in [0, 0.05) is 7.11 Å². The zero-order valence-corrected chi connectivity index (χ0v) is 14.1. The molecule has 114 valence electrons. The fourth-order valence-corrected chi connectivity index (χ4v) is 2.69.